The Labute approximate surface area is 152 Å². The van der Waals surface area contributed by atoms with Crippen LogP contribution in [0.5, 0.6) is 5.75 Å². The van der Waals surface area contributed by atoms with Gasteiger partial charge in [0, 0.05) is 4.47 Å². The summed E-state index contributed by atoms with van der Waals surface area (Å²) in [6.45, 7) is 2.97. The van der Waals surface area contributed by atoms with Crippen LogP contribution in [0.15, 0.2) is 53.0 Å². The zero-order chi connectivity index (χ0) is 17.2. The number of hydrogen-bond acceptors (Lipinski definition) is 2. The highest BCUT2D eigenvalue weighted by molar-refractivity contribution is 9.10. The predicted octanol–water partition coefficient (Wildman–Crippen LogP) is 6.47. The van der Waals surface area contributed by atoms with Gasteiger partial charge in [0.1, 0.15) is 5.75 Å². The SMILES string of the molecule is CCCCCCOc1ccc(/C=C(\C#N)c2ccc(Br)cc2)cc1. The van der Waals surface area contributed by atoms with Gasteiger partial charge in [0.25, 0.3) is 0 Å². The smallest absolute Gasteiger partial charge is 0.119 e. The van der Waals surface area contributed by atoms with Crippen LogP contribution in [0, 0.1) is 11.3 Å². The highest BCUT2D eigenvalue weighted by Gasteiger charge is 2.01. The Morgan fingerprint density at radius 1 is 1.04 bits per heavy atom. The topological polar surface area (TPSA) is 33.0 Å². The molecule has 2 aromatic carbocycles. The van der Waals surface area contributed by atoms with Crippen LogP contribution in [0.2, 0.25) is 0 Å². The molecule has 0 aliphatic rings. The third-order valence-corrected chi connectivity index (χ3v) is 4.26. The van der Waals surface area contributed by atoms with Gasteiger partial charge in [0.15, 0.2) is 0 Å². The molecule has 0 fully saturated rings. The van der Waals surface area contributed by atoms with Gasteiger partial charge in [-0.2, -0.15) is 5.26 Å². The number of halogens is 1. The van der Waals surface area contributed by atoms with Crippen LogP contribution in [-0.2, 0) is 0 Å². The number of allylic oxidation sites excluding steroid dienone is 1. The highest BCUT2D eigenvalue weighted by atomic mass is 79.9. The van der Waals surface area contributed by atoms with Crippen molar-refractivity contribution in [3.05, 3.63) is 64.1 Å². The van der Waals surface area contributed by atoms with Gasteiger partial charge in [-0.25, -0.2) is 0 Å². The maximum Gasteiger partial charge on any atom is 0.119 e. The van der Waals surface area contributed by atoms with Crippen LogP contribution < -0.4 is 4.74 Å². The molecular formula is C21H22BrNO. The molecule has 0 N–H and O–H groups in total. The minimum absolute atomic E-state index is 0.649. The van der Waals surface area contributed by atoms with E-state index in [1.54, 1.807) is 0 Å². The molecule has 0 aromatic heterocycles. The normalized spacial score (nSPS) is 11.1. The molecule has 0 heterocycles. The number of unbranched alkanes of at least 4 members (excludes halogenated alkanes) is 3. The number of hydrogen-bond donors (Lipinski definition) is 0. The molecule has 0 saturated heterocycles. The summed E-state index contributed by atoms with van der Waals surface area (Å²) in [4.78, 5) is 0. The van der Waals surface area contributed by atoms with Crippen LogP contribution in [0.1, 0.15) is 43.7 Å². The summed E-state index contributed by atoms with van der Waals surface area (Å²) >= 11 is 3.41. The van der Waals surface area contributed by atoms with E-state index in [1.165, 1.54) is 19.3 Å². The highest BCUT2D eigenvalue weighted by Crippen LogP contribution is 2.21. The van der Waals surface area contributed by atoms with Crippen LogP contribution in [0.3, 0.4) is 0 Å². The van der Waals surface area contributed by atoms with Crippen molar-refractivity contribution in [1.29, 1.82) is 5.26 Å². The molecule has 0 unspecified atom stereocenters. The van der Waals surface area contributed by atoms with E-state index < -0.39 is 0 Å². The Morgan fingerprint density at radius 2 is 1.75 bits per heavy atom. The summed E-state index contributed by atoms with van der Waals surface area (Å²) in [5.74, 6) is 0.880. The third kappa shape index (κ3) is 5.86. The lowest BCUT2D eigenvalue weighted by Crippen LogP contribution is -1.96. The van der Waals surface area contributed by atoms with Gasteiger partial charge in [-0.3, -0.25) is 0 Å². The summed E-state index contributed by atoms with van der Waals surface area (Å²) < 4.78 is 6.75. The number of ether oxygens (including phenoxy) is 1. The molecule has 0 spiro atoms. The second-order valence-electron chi connectivity index (χ2n) is 5.65. The molecule has 0 saturated carbocycles. The first-order valence-corrected chi connectivity index (χ1v) is 9.13. The zero-order valence-corrected chi connectivity index (χ0v) is 15.6. The standard InChI is InChI=1S/C21H22BrNO/c1-2-3-4-5-14-24-21-12-6-17(7-13-21)15-19(16-23)18-8-10-20(22)11-9-18/h6-13,15H,2-5,14H2,1H3/b19-15+. The molecule has 24 heavy (non-hydrogen) atoms. The molecule has 0 atom stereocenters. The second-order valence-corrected chi connectivity index (χ2v) is 6.57. The van der Waals surface area contributed by atoms with Crippen molar-refractivity contribution < 1.29 is 4.74 Å². The van der Waals surface area contributed by atoms with Crippen molar-refractivity contribution in [3.63, 3.8) is 0 Å². The fourth-order valence-electron chi connectivity index (χ4n) is 2.36. The first-order chi connectivity index (χ1) is 11.7. The van der Waals surface area contributed by atoms with Crippen LogP contribution in [0.25, 0.3) is 11.6 Å². The van der Waals surface area contributed by atoms with Crippen LogP contribution in [-0.4, -0.2) is 6.61 Å². The molecule has 2 aromatic rings. The van der Waals surface area contributed by atoms with Crippen molar-refractivity contribution in [2.75, 3.05) is 6.61 Å². The van der Waals surface area contributed by atoms with E-state index in [0.717, 1.165) is 34.4 Å². The van der Waals surface area contributed by atoms with Crippen molar-refractivity contribution in [3.8, 4) is 11.8 Å². The minimum atomic E-state index is 0.649. The van der Waals surface area contributed by atoms with Crippen LogP contribution >= 0.6 is 15.9 Å². The first kappa shape index (κ1) is 18.3. The number of benzene rings is 2. The lowest BCUT2D eigenvalue weighted by Gasteiger charge is -2.06. The van der Waals surface area contributed by atoms with E-state index in [4.69, 9.17) is 4.74 Å². The molecule has 0 radical (unpaired) electrons. The third-order valence-electron chi connectivity index (χ3n) is 3.73. The van der Waals surface area contributed by atoms with E-state index in [2.05, 4.69) is 28.9 Å². The quantitative estimate of drug-likeness (QED) is 0.297. The first-order valence-electron chi connectivity index (χ1n) is 8.33. The maximum atomic E-state index is 9.40. The van der Waals surface area contributed by atoms with Gasteiger partial charge in [0.2, 0.25) is 0 Å². The Kier molecular flexibility index (Phi) is 7.58. The molecule has 3 heteroatoms. The second kappa shape index (κ2) is 9.95. The van der Waals surface area contributed by atoms with Crippen molar-refractivity contribution >= 4 is 27.6 Å². The van der Waals surface area contributed by atoms with Gasteiger partial charge < -0.3 is 4.74 Å². The molecular weight excluding hydrogens is 362 g/mol. The minimum Gasteiger partial charge on any atom is -0.494 e. The molecule has 2 nitrogen and oxygen atoms in total. The average Bonchev–Trinajstić information content (AvgIpc) is 2.61. The molecule has 0 aliphatic carbocycles. The summed E-state index contributed by atoms with van der Waals surface area (Å²) in [5.41, 5.74) is 2.56. The Morgan fingerprint density at radius 3 is 2.38 bits per heavy atom. The summed E-state index contributed by atoms with van der Waals surface area (Å²) in [7, 11) is 0. The maximum absolute atomic E-state index is 9.40. The number of nitriles is 1. The van der Waals surface area contributed by atoms with E-state index in [-0.39, 0.29) is 0 Å². The predicted molar refractivity (Wildman–Crippen MR) is 104 cm³/mol. The average molecular weight is 384 g/mol. The number of rotatable bonds is 8. The summed E-state index contributed by atoms with van der Waals surface area (Å²) in [6, 6.07) is 17.9. The zero-order valence-electron chi connectivity index (χ0n) is 14.0. The van der Waals surface area contributed by atoms with Gasteiger partial charge >= 0.3 is 0 Å². The molecule has 0 aliphatic heterocycles. The van der Waals surface area contributed by atoms with Crippen molar-refractivity contribution in [1.82, 2.24) is 0 Å². The fourth-order valence-corrected chi connectivity index (χ4v) is 2.62. The lowest BCUT2D eigenvalue weighted by molar-refractivity contribution is 0.305. The summed E-state index contributed by atoms with van der Waals surface area (Å²) in [5, 5.41) is 9.40. The Balaban J connectivity index is 1.99. The van der Waals surface area contributed by atoms with E-state index >= 15 is 0 Å². The molecule has 2 rings (SSSR count). The van der Waals surface area contributed by atoms with E-state index in [1.807, 2.05) is 54.6 Å². The largest absolute Gasteiger partial charge is 0.494 e. The lowest BCUT2D eigenvalue weighted by atomic mass is 10.0. The Bertz CT molecular complexity index is 696. The molecule has 124 valence electrons. The van der Waals surface area contributed by atoms with Crippen molar-refractivity contribution in [2.24, 2.45) is 0 Å². The molecule has 0 amide bonds. The summed E-state index contributed by atoms with van der Waals surface area (Å²) in [6.07, 6.45) is 6.71. The molecule has 0 bridgehead atoms. The fraction of sp³-hybridized carbons (Fsp3) is 0.286. The van der Waals surface area contributed by atoms with Gasteiger partial charge in [-0.05, 0) is 47.9 Å². The van der Waals surface area contributed by atoms with E-state index in [9.17, 15) is 5.26 Å². The Hall–Kier alpha value is -2.05. The van der Waals surface area contributed by atoms with Gasteiger partial charge in [0.05, 0.1) is 18.2 Å². The monoisotopic (exact) mass is 383 g/mol. The van der Waals surface area contributed by atoms with Crippen molar-refractivity contribution in [2.45, 2.75) is 32.6 Å². The van der Waals surface area contributed by atoms with Crippen LogP contribution in [0.4, 0.5) is 0 Å². The van der Waals surface area contributed by atoms with E-state index in [0.29, 0.717) is 5.57 Å². The number of nitrogens with zero attached hydrogens (tertiary/aromatic N) is 1. The van der Waals surface area contributed by atoms with Gasteiger partial charge in [-0.1, -0.05) is 66.4 Å². The van der Waals surface area contributed by atoms with Gasteiger partial charge in [-0.15, -0.1) is 0 Å².